The van der Waals surface area contributed by atoms with Crippen LogP contribution in [0.2, 0.25) is 0 Å². The Balaban J connectivity index is 1.36. The Morgan fingerprint density at radius 3 is 2.47 bits per heavy atom. The van der Waals surface area contributed by atoms with Gasteiger partial charge in [0.05, 0.1) is 7.11 Å². The van der Waals surface area contributed by atoms with E-state index in [1.165, 1.54) is 11.6 Å². The number of methoxy groups -OCH3 is 1. The molecule has 1 aliphatic rings. The van der Waals surface area contributed by atoms with Crippen molar-refractivity contribution in [1.82, 2.24) is 9.88 Å². The fourth-order valence-corrected chi connectivity index (χ4v) is 5.26. The zero-order valence-electron chi connectivity index (χ0n) is 20.8. The minimum Gasteiger partial charge on any atom is -0.497 e. The summed E-state index contributed by atoms with van der Waals surface area (Å²) in [6, 6.07) is 20.9. The average molecular weight is 486 g/mol. The van der Waals surface area contributed by atoms with Crippen molar-refractivity contribution in [2.75, 3.05) is 38.2 Å². The number of aromatic amines is 1. The van der Waals surface area contributed by atoms with Gasteiger partial charge in [-0.3, -0.25) is 4.79 Å². The van der Waals surface area contributed by atoms with E-state index in [4.69, 9.17) is 4.74 Å². The molecule has 1 saturated heterocycles. The van der Waals surface area contributed by atoms with Crippen LogP contribution < -0.4 is 9.64 Å². The van der Waals surface area contributed by atoms with Gasteiger partial charge in [-0.1, -0.05) is 37.3 Å². The highest BCUT2D eigenvalue weighted by molar-refractivity contribution is 5.88. The molecule has 1 N–H and O–H groups in total. The maximum atomic E-state index is 14.2. The van der Waals surface area contributed by atoms with Crippen LogP contribution in [0, 0.1) is 5.82 Å². The smallest absolute Gasteiger partial charge is 0.223 e. The lowest BCUT2D eigenvalue weighted by Gasteiger charge is -2.36. The van der Waals surface area contributed by atoms with Crippen molar-refractivity contribution >= 4 is 22.5 Å². The third kappa shape index (κ3) is 4.81. The van der Waals surface area contributed by atoms with Gasteiger partial charge in [-0.25, -0.2) is 4.39 Å². The first kappa shape index (κ1) is 23.9. The standard InChI is InChI=1S/C30H32FN3O2/c1-3-21-6-5-9-26-28(20-32-30(21)26)27(22-7-4-8-23(31)18-22)19-29(35)34-16-14-33(15-17-34)24-10-12-25(36-2)13-11-24/h4-13,18,20,27,32H,3,14-17,19H2,1-2H3/t27-/m1/s1. The molecule has 0 bridgehead atoms. The lowest BCUT2D eigenvalue weighted by Crippen LogP contribution is -2.49. The van der Waals surface area contributed by atoms with Crippen LogP contribution in [-0.4, -0.2) is 49.1 Å². The summed E-state index contributed by atoms with van der Waals surface area (Å²) in [5.74, 6) is 0.416. The van der Waals surface area contributed by atoms with Crippen molar-refractivity contribution in [2.45, 2.75) is 25.7 Å². The number of aryl methyl sites for hydroxylation is 1. The monoisotopic (exact) mass is 485 g/mol. The largest absolute Gasteiger partial charge is 0.497 e. The average Bonchev–Trinajstić information content (AvgIpc) is 3.36. The molecule has 1 atom stereocenters. The fourth-order valence-electron chi connectivity index (χ4n) is 5.26. The van der Waals surface area contributed by atoms with Gasteiger partial charge >= 0.3 is 0 Å². The van der Waals surface area contributed by atoms with Crippen molar-refractivity contribution in [3.8, 4) is 5.75 Å². The lowest BCUT2D eigenvalue weighted by molar-refractivity contribution is -0.131. The van der Waals surface area contributed by atoms with Gasteiger partial charge in [0, 0.05) is 61.3 Å². The first-order valence-electron chi connectivity index (χ1n) is 12.6. The number of nitrogens with zero attached hydrogens (tertiary/aromatic N) is 2. The van der Waals surface area contributed by atoms with Crippen molar-refractivity contribution in [1.29, 1.82) is 0 Å². The molecule has 1 fully saturated rings. The molecule has 0 saturated carbocycles. The Kier molecular flexibility index (Phi) is 6.94. The van der Waals surface area contributed by atoms with Crippen LogP contribution >= 0.6 is 0 Å². The van der Waals surface area contributed by atoms with E-state index in [0.29, 0.717) is 19.5 Å². The number of anilines is 1. The number of amides is 1. The summed E-state index contributed by atoms with van der Waals surface area (Å²) >= 11 is 0. The predicted octanol–water partition coefficient (Wildman–Crippen LogP) is 5.75. The molecule has 5 nitrogen and oxygen atoms in total. The topological polar surface area (TPSA) is 48.6 Å². The molecule has 0 spiro atoms. The Morgan fingerprint density at radius 1 is 1.03 bits per heavy atom. The molecule has 186 valence electrons. The zero-order valence-corrected chi connectivity index (χ0v) is 20.8. The van der Waals surface area contributed by atoms with Gasteiger partial charge in [-0.15, -0.1) is 0 Å². The Morgan fingerprint density at radius 2 is 1.78 bits per heavy atom. The highest BCUT2D eigenvalue weighted by atomic mass is 19.1. The van der Waals surface area contributed by atoms with E-state index < -0.39 is 0 Å². The highest BCUT2D eigenvalue weighted by Gasteiger charge is 2.27. The molecular formula is C30H32FN3O2. The van der Waals surface area contributed by atoms with Gasteiger partial charge in [0.1, 0.15) is 11.6 Å². The van der Waals surface area contributed by atoms with E-state index in [2.05, 4.69) is 47.1 Å². The Hall–Kier alpha value is -3.80. The lowest BCUT2D eigenvalue weighted by atomic mass is 9.87. The molecule has 1 amide bonds. The molecular weight excluding hydrogens is 453 g/mol. The molecule has 1 aliphatic heterocycles. The summed E-state index contributed by atoms with van der Waals surface area (Å²) in [4.78, 5) is 21.2. The summed E-state index contributed by atoms with van der Waals surface area (Å²) in [5.41, 5.74) is 5.32. The molecule has 6 heteroatoms. The Bertz CT molecular complexity index is 1340. The number of hydrogen-bond acceptors (Lipinski definition) is 3. The Labute approximate surface area is 211 Å². The maximum absolute atomic E-state index is 14.2. The maximum Gasteiger partial charge on any atom is 0.223 e. The van der Waals surface area contributed by atoms with Gasteiger partial charge in [-0.05, 0) is 59.5 Å². The molecule has 0 radical (unpaired) electrons. The van der Waals surface area contributed by atoms with Crippen molar-refractivity contribution < 1.29 is 13.9 Å². The second-order valence-electron chi connectivity index (χ2n) is 9.31. The number of para-hydroxylation sites is 1. The number of benzene rings is 3. The van der Waals surface area contributed by atoms with Gasteiger partial charge < -0.3 is 19.5 Å². The number of nitrogens with one attached hydrogen (secondary N) is 1. The zero-order chi connectivity index (χ0) is 25.1. The van der Waals surface area contributed by atoms with E-state index in [0.717, 1.165) is 53.0 Å². The summed E-state index contributed by atoms with van der Waals surface area (Å²) in [5, 5.41) is 1.10. The summed E-state index contributed by atoms with van der Waals surface area (Å²) in [7, 11) is 1.66. The predicted molar refractivity (Wildman–Crippen MR) is 142 cm³/mol. The number of fused-ring (bicyclic) bond motifs is 1. The number of aromatic nitrogens is 1. The van der Waals surface area contributed by atoms with Crippen molar-refractivity contribution in [2.24, 2.45) is 0 Å². The van der Waals surface area contributed by atoms with Gasteiger partial charge in [0.25, 0.3) is 0 Å². The van der Waals surface area contributed by atoms with Gasteiger partial charge in [-0.2, -0.15) is 0 Å². The fraction of sp³-hybridized carbons (Fsp3) is 0.300. The van der Waals surface area contributed by atoms with Crippen LogP contribution in [-0.2, 0) is 11.2 Å². The van der Waals surface area contributed by atoms with Crippen LogP contribution in [0.3, 0.4) is 0 Å². The molecule has 0 aliphatic carbocycles. The van der Waals surface area contributed by atoms with Crippen LogP contribution in [0.25, 0.3) is 10.9 Å². The summed E-state index contributed by atoms with van der Waals surface area (Å²) in [6.45, 7) is 5.00. The normalized spacial score (nSPS) is 14.8. The number of hydrogen-bond donors (Lipinski definition) is 1. The number of piperazine rings is 1. The molecule has 0 unspecified atom stereocenters. The molecule has 4 aromatic rings. The summed E-state index contributed by atoms with van der Waals surface area (Å²) < 4.78 is 19.5. The highest BCUT2D eigenvalue weighted by Crippen LogP contribution is 2.35. The SMILES string of the molecule is CCc1cccc2c([C@H](CC(=O)N3CCN(c4ccc(OC)cc4)CC3)c3cccc(F)c3)c[nH]c12. The minimum absolute atomic E-state index is 0.0969. The van der Waals surface area contributed by atoms with Gasteiger partial charge in [0.2, 0.25) is 5.91 Å². The quantitative estimate of drug-likeness (QED) is 0.363. The van der Waals surface area contributed by atoms with Crippen molar-refractivity contribution in [3.63, 3.8) is 0 Å². The van der Waals surface area contributed by atoms with Crippen LogP contribution in [0.1, 0.15) is 36.0 Å². The van der Waals surface area contributed by atoms with E-state index >= 15 is 0 Å². The first-order valence-corrected chi connectivity index (χ1v) is 12.6. The number of halogens is 1. The molecule has 1 aromatic heterocycles. The van der Waals surface area contributed by atoms with E-state index in [-0.39, 0.29) is 17.6 Å². The van der Waals surface area contributed by atoms with Crippen LogP contribution in [0.15, 0.2) is 72.9 Å². The second kappa shape index (κ2) is 10.4. The number of H-pyrrole nitrogens is 1. The first-order chi connectivity index (χ1) is 17.6. The summed E-state index contributed by atoms with van der Waals surface area (Å²) in [6.07, 6.45) is 3.21. The second-order valence-corrected chi connectivity index (χ2v) is 9.31. The van der Waals surface area contributed by atoms with Crippen LogP contribution in [0.4, 0.5) is 10.1 Å². The molecule has 36 heavy (non-hydrogen) atoms. The number of ether oxygens (including phenoxy) is 1. The van der Waals surface area contributed by atoms with Gasteiger partial charge in [0.15, 0.2) is 0 Å². The third-order valence-corrected chi connectivity index (χ3v) is 7.29. The molecule has 2 heterocycles. The van der Waals surface area contributed by atoms with Crippen LogP contribution in [0.5, 0.6) is 5.75 Å². The molecule has 5 rings (SSSR count). The third-order valence-electron chi connectivity index (χ3n) is 7.29. The number of carbonyl (C=O) groups excluding carboxylic acids is 1. The van der Waals surface area contributed by atoms with E-state index in [1.54, 1.807) is 19.2 Å². The molecule has 3 aromatic carbocycles. The van der Waals surface area contributed by atoms with E-state index in [1.807, 2.05) is 29.3 Å². The van der Waals surface area contributed by atoms with E-state index in [9.17, 15) is 9.18 Å². The minimum atomic E-state index is -0.285. The number of carbonyl (C=O) groups is 1. The number of rotatable bonds is 7. The van der Waals surface area contributed by atoms with Crippen molar-refractivity contribution in [3.05, 3.63) is 95.4 Å².